The molecule has 0 heterocycles. The Morgan fingerprint density at radius 1 is 1.03 bits per heavy atom. The summed E-state index contributed by atoms with van der Waals surface area (Å²) < 4.78 is 11.2. The Morgan fingerprint density at radius 2 is 1.62 bits per heavy atom. The number of hydrogen-bond donors (Lipinski definition) is 0. The molecule has 6 heteroatoms. The molecular formula is C23H30N2O4. The fourth-order valence-electron chi connectivity index (χ4n) is 3.51. The second kappa shape index (κ2) is 11.4. The van der Waals surface area contributed by atoms with E-state index in [-0.39, 0.29) is 4.92 Å². The van der Waals surface area contributed by atoms with E-state index >= 15 is 0 Å². The standard InChI is InChI=1S/C23H30N2O4/c1-4-16-23(28-2,29-3)17-15-21(25(26)27)22(20-13-9-6-10-14-20)24-18-19-11-7-5-8-12-19/h5-14,18,21-22H,4,15-17H2,1-3H3. The van der Waals surface area contributed by atoms with Gasteiger partial charge in [-0.3, -0.25) is 15.1 Å². The zero-order chi connectivity index (χ0) is 21.1. The molecular weight excluding hydrogens is 368 g/mol. The number of nitro groups is 1. The first-order valence-electron chi connectivity index (χ1n) is 9.92. The number of rotatable bonds is 12. The summed E-state index contributed by atoms with van der Waals surface area (Å²) in [5.41, 5.74) is 1.72. The van der Waals surface area contributed by atoms with Gasteiger partial charge in [0.1, 0.15) is 6.04 Å². The highest BCUT2D eigenvalue weighted by atomic mass is 16.7. The van der Waals surface area contributed by atoms with Crippen LogP contribution in [0.4, 0.5) is 0 Å². The maximum absolute atomic E-state index is 12.0. The molecule has 6 nitrogen and oxygen atoms in total. The number of ether oxygens (including phenoxy) is 2. The summed E-state index contributed by atoms with van der Waals surface area (Å²) in [5, 5.41) is 12.0. The summed E-state index contributed by atoms with van der Waals surface area (Å²) in [4.78, 5) is 16.4. The fourth-order valence-corrected chi connectivity index (χ4v) is 3.51. The molecule has 0 bridgehead atoms. The molecule has 2 atom stereocenters. The number of aliphatic imine (C=N–C) groups is 1. The number of nitrogens with zero attached hydrogens (tertiary/aromatic N) is 2. The van der Waals surface area contributed by atoms with Gasteiger partial charge in [0, 0.05) is 44.6 Å². The van der Waals surface area contributed by atoms with Crippen LogP contribution in [-0.4, -0.2) is 37.2 Å². The van der Waals surface area contributed by atoms with E-state index in [0.29, 0.717) is 19.3 Å². The van der Waals surface area contributed by atoms with E-state index in [0.717, 1.165) is 17.5 Å². The Morgan fingerprint density at radius 3 is 2.14 bits per heavy atom. The van der Waals surface area contributed by atoms with Crippen molar-refractivity contribution in [3.63, 3.8) is 0 Å². The minimum atomic E-state index is -0.890. The molecule has 156 valence electrons. The van der Waals surface area contributed by atoms with Crippen molar-refractivity contribution < 1.29 is 14.4 Å². The van der Waals surface area contributed by atoms with Crippen LogP contribution in [0.5, 0.6) is 0 Å². The molecule has 2 rings (SSSR count). The largest absolute Gasteiger partial charge is 0.353 e. The van der Waals surface area contributed by atoms with Crippen molar-refractivity contribution >= 4 is 6.21 Å². The molecule has 0 aromatic heterocycles. The predicted octanol–water partition coefficient (Wildman–Crippen LogP) is 5.06. The van der Waals surface area contributed by atoms with Crippen LogP contribution in [0.25, 0.3) is 0 Å². The summed E-state index contributed by atoms with van der Waals surface area (Å²) in [6.45, 7) is 2.04. The first-order chi connectivity index (χ1) is 14.0. The molecule has 0 amide bonds. The Hall–Kier alpha value is -2.57. The van der Waals surface area contributed by atoms with Crippen molar-refractivity contribution in [2.75, 3.05) is 14.2 Å². The lowest BCUT2D eigenvalue weighted by molar-refractivity contribution is -0.528. The van der Waals surface area contributed by atoms with E-state index < -0.39 is 17.9 Å². The van der Waals surface area contributed by atoms with Gasteiger partial charge in [0.15, 0.2) is 5.79 Å². The summed E-state index contributed by atoms with van der Waals surface area (Å²) in [6, 6.07) is 17.5. The first kappa shape index (κ1) is 22.7. The highest BCUT2D eigenvalue weighted by molar-refractivity contribution is 5.79. The van der Waals surface area contributed by atoms with Gasteiger partial charge >= 0.3 is 0 Å². The Bertz CT molecular complexity index is 761. The SMILES string of the molecule is CCCC(CCC(C(N=Cc1ccccc1)c1ccccc1)[N+](=O)[O-])(OC)OC. The fraction of sp³-hybridized carbons (Fsp3) is 0.435. The lowest BCUT2D eigenvalue weighted by atomic mass is 9.93. The minimum Gasteiger partial charge on any atom is -0.353 e. The van der Waals surface area contributed by atoms with Gasteiger partial charge in [-0.05, 0) is 11.1 Å². The van der Waals surface area contributed by atoms with Crippen LogP contribution >= 0.6 is 0 Å². The van der Waals surface area contributed by atoms with Gasteiger partial charge in [-0.15, -0.1) is 0 Å². The van der Waals surface area contributed by atoms with Crippen molar-refractivity contribution in [3.05, 3.63) is 81.9 Å². The number of benzene rings is 2. The van der Waals surface area contributed by atoms with Crippen molar-refractivity contribution in [2.45, 2.75) is 50.5 Å². The zero-order valence-corrected chi connectivity index (χ0v) is 17.4. The molecule has 0 fully saturated rings. The smallest absolute Gasteiger partial charge is 0.239 e. The average molecular weight is 399 g/mol. The van der Waals surface area contributed by atoms with Gasteiger partial charge in [-0.25, -0.2) is 0 Å². The molecule has 2 unspecified atom stereocenters. The third-order valence-corrected chi connectivity index (χ3v) is 5.16. The molecule has 0 N–H and O–H groups in total. The molecule has 2 aromatic carbocycles. The Labute approximate surface area is 172 Å². The molecule has 0 saturated carbocycles. The van der Waals surface area contributed by atoms with Gasteiger partial charge in [0.05, 0.1) is 0 Å². The minimum absolute atomic E-state index is 0.234. The molecule has 29 heavy (non-hydrogen) atoms. The highest BCUT2D eigenvalue weighted by Crippen LogP contribution is 2.31. The van der Waals surface area contributed by atoms with Crippen LogP contribution < -0.4 is 0 Å². The Kier molecular flexibility index (Phi) is 8.96. The maximum Gasteiger partial charge on any atom is 0.239 e. The number of hydrogen-bond acceptors (Lipinski definition) is 5. The number of methoxy groups -OCH3 is 2. The van der Waals surface area contributed by atoms with Gasteiger partial charge in [0.2, 0.25) is 6.04 Å². The van der Waals surface area contributed by atoms with Crippen LogP contribution in [0.3, 0.4) is 0 Å². The maximum atomic E-state index is 12.0. The monoisotopic (exact) mass is 398 g/mol. The van der Waals surface area contributed by atoms with Crippen molar-refractivity contribution in [1.82, 2.24) is 0 Å². The van der Waals surface area contributed by atoms with Crippen molar-refractivity contribution in [1.29, 1.82) is 0 Å². The van der Waals surface area contributed by atoms with Crippen LogP contribution in [0.15, 0.2) is 65.7 Å². The molecule has 2 aromatic rings. The normalized spacial score (nSPS) is 14.0. The summed E-state index contributed by atoms with van der Waals surface area (Å²) >= 11 is 0. The van der Waals surface area contributed by atoms with E-state index in [1.807, 2.05) is 67.6 Å². The quantitative estimate of drug-likeness (QED) is 0.217. The molecule has 0 aliphatic rings. The van der Waals surface area contributed by atoms with E-state index in [9.17, 15) is 10.1 Å². The van der Waals surface area contributed by atoms with Crippen LogP contribution in [0.1, 0.15) is 49.8 Å². The third kappa shape index (κ3) is 6.48. The molecule has 0 radical (unpaired) electrons. The molecule has 0 aliphatic heterocycles. The summed E-state index contributed by atoms with van der Waals surface area (Å²) in [6.07, 6.45) is 3.96. The van der Waals surface area contributed by atoms with Gasteiger partial charge < -0.3 is 9.47 Å². The van der Waals surface area contributed by atoms with Gasteiger partial charge in [-0.2, -0.15) is 0 Å². The Balaban J connectivity index is 2.31. The molecule has 0 saturated heterocycles. The van der Waals surface area contributed by atoms with Crippen LogP contribution in [0.2, 0.25) is 0 Å². The predicted molar refractivity (Wildman–Crippen MR) is 115 cm³/mol. The molecule has 0 aliphatic carbocycles. The van der Waals surface area contributed by atoms with Crippen LogP contribution in [-0.2, 0) is 9.47 Å². The van der Waals surface area contributed by atoms with Gasteiger partial charge in [-0.1, -0.05) is 74.0 Å². The first-order valence-corrected chi connectivity index (χ1v) is 9.92. The third-order valence-electron chi connectivity index (χ3n) is 5.16. The highest BCUT2D eigenvalue weighted by Gasteiger charge is 2.37. The summed E-state index contributed by atoms with van der Waals surface area (Å²) in [7, 11) is 3.17. The summed E-state index contributed by atoms with van der Waals surface area (Å²) in [5.74, 6) is -0.812. The second-order valence-corrected chi connectivity index (χ2v) is 7.00. The average Bonchev–Trinajstić information content (AvgIpc) is 2.76. The lowest BCUT2D eigenvalue weighted by Crippen LogP contribution is -2.37. The van der Waals surface area contributed by atoms with E-state index in [1.165, 1.54) is 0 Å². The van der Waals surface area contributed by atoms with E-state index in [4.69, 9.17) is 9.47 Å². The van der Waals surface area contributed by atoms with E-state index in [1.54, 1.807) is 20.4 Å². The van der Waals surface area contributed by atoms with Gasteiger partial charge in [0.25, 0.3) is 0 Å². The van der Waals surface area contributed by atoms with Crippen molar-refractivity contribution in [2.24, 2.45) is 4.99 Å². The van der Waals surface area contributed by atoms with Crippen LogP contribution in [0, 0.1) is 10.1 Å². The lowest BCUT2D eigenvalue weighted by Gasteiger charge is -2.31. The van der Waals surface area contributed by atoms with Crippen molar-refractivity contribution in [3.8, 4) is 0 Å². The zero-order valence-electron chi connectivity index (χ0n) is 17.4. The topological polar surface area (TPSA) is 74.0 Å². The van der Waals surface area contributed by atoms with E-state index in [2.05, 4.69) is 4.99 Å². The second-order valence-electron chi connectivity index (χ2n) is 7.00. The molecule has 0 spiro atoms.